The van der Waals surface area contributed by atoms with Gasteiger partial charge in [0.05, 0.1) is 6.61 Å². The summed E-state index contributed by atoms with van der Waals surface area (Å²) in [5, 5.41) is 12.4. The van der Waals surface area contributed by atoms with Gasteiger partial charge < -0.3 is 15.2 Å². The van der Waals surface area contributed by atoms with Gasteiger partial charge >= 0.3 is 5.97 Å². The third-order valence-corrected chi connectivity index (χ3v) is 3.41. The molecule has 0 spiro atoms. The van der Waals surface area contributed by atoms with Crippen LogP contribution < -0.4 is 10.1 Å². The Bertz CT molecular complexity index is 433. The summed E-state index contributed by atoms with van der Waals surface area (Å²) in [5.74, 6) is -0.0376. The minimum absolute atomic E-state index is 0.382. The molecule has 0 radical (unpaired) electrons. The van der Waals surface area contributed by atoms with Crippen molar-refractivity contribution in [3.63, 3.8) is 0 Å². The van der Waals surface area contributed by atoms with Gasteiger partial charge in [-0.25, -0.2) is 0 Å². The van der Waals surface area contributed by atoms with Crippen LogP contribution in [0.3, 0.4) is 0 Å². The maximum absolute atomic E-state index is 11.4. The number of rotatable bonds is 9. The fourth-order valence-corrected chi connectivity index (χ4v) is 1.90. The van der Waals surface area contributed by atoms with Crippen molar-refractivity contribution in [2.45, 2.75) is 45.6 Å². The molecule has 0 amide bonds. The second-order valence-electron chi connectivity index (χ2n) is 5.16. The van der Waals surface area contributed by atoms with E-state index in [9.17, 15) is 9.90 Å². The molecule has 0 aromatic heterocycles. The SMILES string of the molecule is CCCNC(C)(CCOc1cccc(CC)c1)C(=O)O. The Morgan fingerprint density at radius 2 is 2.15 bits per heavy atom. The van der Waals surface area contributed by atoms with Crippen LogP contribution in [-0.4, -0.2) is 29.8 Å². The molecule has 1 aromatic rings. The van der Waals surface area contributed by atoms with E-state index in [0.29, 0.717) is 19.6 Å². The second kappa shape index (κ2) is 7.90. The van der Waals surface area contributed by atoms with Gasteiger partial charge in [0.15, 0.2) is 0 Å². The summed E-state index contributed by atoms with van der Waals surface area (Å²) < 4.78 is 5.67. The quantitative estimate of drug-likeness (QED) is 0.730. The number of carboxylic acids is 1. The number of aryl methyl sites for hydroxylation is 1. The van der Waals surface area contributed by atoms with E-state index in [1.165, 1.54) is 5.56 Å². The summed E-state index contributed by atoms with van der Waals surface area (Å²) in [6.45, 7) is 6.88. The summed E-state index contributed by atoms with van der Waals surface area (Å²) in [7, 11) is 0. The predicted molar refractivity (Wildman–Crippen MR) is 80.3 cm³/mol. The van der Waals surface area contributed by atoms with Crippen molar-refractivity contribution < 1.29 is 14.6 Å². The molecule has 4 heteroatoms. The zero-order valence-electron chi connectivity index (χ0n) is 12.6. The van der Waals surface area contributed by atoms with E-state index in [-0.39, 0.29) is 0 Å². The first-order chi connectivity index (χ1) is 9.51. The Morgan fingerprint density at radius 3 is 2.75 bits per heavy atom. The molecule has 0 heterocycles. The van der Waals surface area contributed by atoms with Crippen LogP contribution in [0.5, 0.6) is 5.75 Å². The van der Waals surface area contributed by atoms with E-state index >= 15 is 0 Å². The molecule has 0 aliphatic carbocycles. The van der Waals surface area contributed by atoms with Gasteiger partial charge in [-0.3, -0.25) is 4.79 Å². The van der Waals surface area contributed by atoms with Crippen LogP contribution in [0.15, 0.2) is 24.3 Å². The topological polar surface area (TPSA) is 58.6 Å². The van der Waals surface area contributed by atoms with E-state index in [0.717, 1.165) is 18.6 Å². The molecule has 0 aliphatic heterocycles. The van der Waals surface area contributed by atoms with Crippen LogP contribution in [0.4, 0.5) is 0 Å². The minimum atomic E-state index is -0.932. The molecule has 0 bridgehead atoms. The Balaban J connectivity index is 2.53. The fourth-order valence-electron chi connectivity index (χ4n) is 1.90. The summed E-state index contributed by atoms with van der Waals surface area (Å²) >= 11 is 0. The third-order valence-electron chi connectivity index (χ3n) is 3.41. The molecule has 112 valence electrons. The lowest BCUT2D eigenvalue weighted by Crippen LogP contribution is -2.50. The molecule has 2 N–H and O–H groups in total. The highest BCUT2D eigenvalue weighted by atomic mass is 16.5. The minimum Gasteiger partial charge on any atom is -0.493 e. The molecular weight excluding hydrogens is 254 g/mol. The summed E-state index contributed by atoms with van der Waals surface area (Å²) in [6, 6.07) is 7.91. The van der Waals surface area contributed by atoms with Crippen LogP contribution in [0.1, 0.15) is 39.2 Å². The largest absolute Gasteiger partial charge is 0.493 e. The molecular formula is C16H25NO3. The highest BCUT2D eigenvalue weighted by Gasteiger charge is 2.31. The van der Waals surface area contributed by atoms with Crippen LogP contribution in [-0.2, 0) is 11.2 Å². The van der Waals surface area contributed by atoms with Crippen molar-refractivity contribution in [2.75, 3.05) is 13.2 Å². The summed E-state index contributed by atoms with van der Waals surface area (Å²) in [4.78, 5) is 11.4. The van der Waals surface area contributed by atoms with Gasteiger partial charge in [0.2, 0.25) is 0 Å². The van der Waals surface area contributed by atoms with Gasteiger partial charge in [0, 0.05) is 6.42 Å². The first-order valence-corrected chi connectivity index (χ1v) is 7.22. The molecule has 0 aliphatic rings. The third kappa shape index (κ3) is 4.85. The van der Waals surface area contributed by atoms with Gasteiger partial charge in [-0.05, 0) is 44.0 Å². The maximum atomic E-state index is 11.4. The number of benzene rings is 1. The Labute approximate surface area is 121 Å². The fraction of sp³-hybridized carbons (Fsp3) is 0.562. The highest BCUT2D eigenvalue weighted by Crippen LogP contribution is 2.16. The summed E-state index contributed by atoms with van der Waals surface area (Å²) in [5.41, 5.74) is 0.283. The van der Waals surface area contributed by atoms with E-state index in [1.807, 2.05) is 25.1 Å². The zero-order chi connectivity index (χ0) is 15.0. The summed E-state index contributed by atoms with van der Waals surface area (Å²) in [6.07, 6.45) is 2.29. The van der Waals surface area contributed by atoms with E-state index < -0.39 is 11.5 Å². The predicted octanol–water partition coefficient (Wildman–Crippen LogP) is 2.86. The lowest BCUT2D eigenvalue weighted by Gasteiger charge is -2.26. The molecule has 1 atom stereocenters. The monoisotopic (exact) mass is 279 g/mol. The van der Waals surface area contributed by atoms with Gasteiger partial charge in [-0.15, -0.1) is 0 Å². The normalized spacial score (nSPS) is 13.8. The molecule has 1 unspecified atom stereocenters. The van der Waals surface area contributed by atoms with E-state index in [4.69, 9.17) is 4.74 Å². The lowest BCUT2D eigenvalue weighted by atomic mass is 9.98. The van der Waals surface area contributed by atoms with Crippen LogP contribution >= 0.6 is 0 Å². The average Bonchev–Trinajstić information content (AvgIpc) is 2.45. The zero-order valence-corrected chi connectivity index (χ0v) is 12.6. The van der Waals surface area contributed by atoms with Crippen molar-refractivity contribution in [3.8, 4) is 5.75 Å². The van der Waals surface area contributed by atoms with Gasteiger partial charge in [-0.1, -0.05) is 26.0 Å². The average molecular weight is 279 g/mol. The molecule has 0 fully saturated rings. The van der Waals surface area contributed by atoms with Gasteiger partial charge in [0.1, 0.15) is 11.3 Å². The Morgan fingerprint density at radius 1 is 1.40 bits per heavy atom. The van der Waals surface area contributed by atoms with E-state index in [2.05, 4.69) is 18.3 Å². The number of ether oxygens (including phenoxy) is 1. The lowest BCUT2D eigenvalue weighted by molar-refractivity contribution is -0.144. The molecule has 4 nitrogen and oxygen atoms in total. The van der Waals surface area contributed by atoms with Crippen molar-refractivity contribution in [1.82, 2.24) is 5.32 Å². The maximum Gasteiger partial charge on any atom is 0.323 e. The van der Waals surface area contributed by atoms with Crippen LogP contribution in [0.2, 0.25) is 0 Å². The number of nitrogens with one attached hydrogen (secondary N) is 1. The molecule has 20 heavy (non-hydrogen) atoms. The molecule has 0 saturated heterocycles. The van der Waals surface area contributed by atoms with Crippen LogP contribution in [0.25, 0.3) is 0 Å². The molecule has 0 saturated carbocycles. The number of aliphatic carboxylic acids is 1. The number of carboxylic acid groups (broad SMARTS) is 1. The number of hydrogen-bond donors (Lipinski definition) is 2. The first-order valence-electron chi connectivity index (χ1n) is 7.22. The molecule has 1 rings (SSSR count). The highest BCUT2D eigenvalue weighted by molar-refractivity contribution is 5.78. The van der Waals surface area contributed by atoms with Gasteiger partial charge in [-0.2, -0.15) is 0 Å². The van der Waals surface area contributed by atoms with E-state index in [1.54, 1.807) is 6.92 Å². The first kappa shape index (κ1) is 16.5. The van der Waals surface area contributed by atoms with Crippen molar-refractivity contribution in [3.05, 3.63) is 29.8 Å². The van der Waals surface area contributed by atoms with Crippen LogP contribution in [0, 0.1) is 0 Å². The standard InChI is InChI=1S/C16H25NO3/c1-4-10-17-16(3,15(18)19)9-11-20-14-8-6-7-13(5-2)12-14/h6-8,12,17H,4-5,9-11H2,1-3H3,(H,18,19). The Hall–Kier alpha value is -1.55. The van der Waals surface area contributed by atoms with Gasteiger partial charge in [0.25, 0.3) is 0 Å². The number of hydrogen-bond acceptors (Lipinski definition) is 3. The van der Waals surface area contributed by atoms with Crippen molar-refractivity contribution in [1.29, 1.82) is 0 Å². The van der Waals surface area contributed by atoms with Crippen molar-refractivity contribution in [2.24, 2.45) is 0 Å². The molecule has 1 aromatic carbocycles. The smallest absolute Gasteiger partial charge is 0.323 e. The Kier molecular flexibility index (Phi) is 6.52. The second-order valence-corrected chi connectivity index (χ2v) is 5.16. The number of carbonyl (C=O) groups is 1. The van der Waals surface area contributed by atoms with Crippen molar-refractivity contribution >= 4 is 5.97 Å².